The quantitative estimate of drug-likeness (QED) is 0.681. The highest BCUT2D eigenvalue weighted by atomic mass is 19.3. The van der Waals surface area contributed by atoms with E-state index >= 15 is 0 Å². The Morgan fingerprint density at radius 1 is 1.60 bits per heavy atom. The fraction of sp³-hybridized carbons (Fsp3) is 0.625. The number of alkyl halides is 2. The molecule has 5 nitrogen and oxygen atoms in total. The lowest BCUT2D eigenvalue weighted by molar-refractivity contribution is -0.125. The SMILES string of the molecule is O=C(NCC(F)(F)CO)C1=COCCO1. The van der Waals surface area contributed by atoms with E-state index in [9.17, 15) is 13.6 Å². The molecular weight excluding hydrogens is 212 g/mol. The Morgan fingerprint density at radius 2 is 2.33 bits per heavy atom. The molecule has 0 unspecified atom stereocenters. The summed E-state index contributed by atoms with van der Waals surface area (Å²) in [6.45, 7) is -1.73. The van der Waals surface area contributed by atoms with Gasteiger partial charge in [-0.2, -0.15) is 0 Å². The smallest absolute Gasteiger partial charge is 0.289 e. The molecule has 86 valence electrons. The summed E-state index contributed by atoms with van der Waals surface area (Å²) in [5, 5.41) is 10.2. The van der Waals surface area contributed by atoms with Gasteiger partial charge in [-0.25, -0.2) is 8.78 Å². The summed E-state index contributed by atoms with van der Waals surface area (Å²) in [5.41, 5.74) is 0. The number of ether oxygens (including phenoxy) is 2. The molecule has 1 rings (SSSR count). The topological polar surface area (TPSA) is 67.8 Å². The Kier molecular flexibility index (Phi) is 3.84. The number of carbonyl (C=O) groups is 1. The molecule has 0 aromatic rings. The van der Waals surface area contributed by atoms with Crippen LogP contribution < -0.4 is 5.32 Å². The lowest BCUT2D eigenvalue weighted by atomic mass is 10.3. The molecule has 2 N–H and O–H groups in total. The van der Waals surface area contributed by atoms with Gasteiger partial charge in [-0.1, -0.05) is 0 Å². The second kappa shape index (κ2) is 4.92. The van der Waals surface area contributed by atoms with Gasteiger partial charge < -0.3 is 19.9 Å². The van der Waals surface area contributed by atoms with Crippen molar-refractivity contribution in [2.24, 2.45) is 0 Å². The Bertz CT molecular complexity index is 267. The molecule has 0 aromatic carbocycles. The molecule has 1 aliphatic rings. The molecule has 1 heterocycles. The fourth-order valence-corrected chi connectivity index (χ4v) is 0.840. The normalized spacial score (nSPS) is 16.1. The Morgan fingerprint density at radius 3 is 2.87 bits per heavy atom. The number of aliphatic hydroxyl groups is 1. The summed E-state index contributed by atoms with van der Waals surface area (Å²) in [6.07, 6.45) is 1.07. The van der Waals surface area contributed by atoms with Crippen LogP contribution in [0.4, 0.5) is 8.78 Å². The number of hydrogen-bond acceptors (Lipinski definition) is 4. The van der Waals surface area contributed by atoms with E-state index in [2.05, 4.69) is 0 Å². The van der Waals surface area contributed by atoms with Gasteiger partial charge in [-0.05, 0) is 0 Å². The second-order valence-corrected chi connectivity index (χ2v) is 2.90. The van der Waals surface area contributed by atoms with Crippen LogP contribution in [-0.4, -0.2) is 43.3 Å². The van der Waals surface area contributed by atoms with Gasteiger partial charge in [-0.3, -0.25) is 4.79 Å². The molecular formula is C8H11F2NO4. The van der Waals surface area contributed by atoms with Gasteiger partial charge >= 0.3 is 0 Å². The number of amides is 1. The first-order chi connectivity index (χ1) is 7.05. The van der Waals surface area contributed by atoms with Crippen molar-refractivity contribution < 1.29 is 28.2 Å². The van der Waals surface area contributed by atoms with Crippen LogP contribution in [0.15, 0.2) is 12.0 Å². The van der Waals surface area contributed by atoms with Crippen LogP contribution in [0.2, 0.25) is 0 Å². The lowest BCUT2D eigenvalue weighted by Crippen LogP contribution is -2.40. The maximum Gasteiger partial charge on any atom is 0.289 e. The molecule has 1 amide bonds. The maximum atomic E-state index is 12.5. The van der Waals surface area contributed by atoms with Crippen molar-refractivity contribution >= 4 is 5.91 Å². The summed E-state index contributed by atoms with van der Waals surface area (Å²) in [4.78, 5) is 11.2. The van der Waals surface area contributed by atoms with E-state index in [4.69, 9.17) is 14.6 Å². The number of carbonyl (C=O) groups excluding carboxylic acids is 1. The molecule has 0 aliphatic carbocycles. The van der Waals surface area contributed by atoms with Gasteiger partial charge in [-0.15, -0.1) is 0 Å². The second-order valence-electron chi connectivity index (χ2n) is 2.90. The zero-order valence-corrected chi connectivity index (χ0v) is 7.83. The standard InChI is InChI=1S/C8H11F2NO4/c9-8(10,5-12)4-11-7(13)6-3-14-1-2-15-6/h3,12H,1-2,4-5H2,(H,11,13). The van der Waals surface area contributed by atoms with Crippen molar-refractivity contribution in [2.45, 2.75) is 5.92 Å². The summed E-state index contributed by atoms with van der Waals surface area (Å²) >= 11 is 0. The van der Waals surface area contributed by atoms with E-state index in [-0.39, 0.29) is 12.4 Å². The molecule has 1 aliphatic heterocycles. The van der Waals surface area contributed by atoms with Gasteiger partial charge in [0.1, 0.15) is 26.1 Å². The van der Waals surface area contributed by atoms with Gasteiger partial charge in [0.25, 0.3) is 11.8 Å². The van der Waals surface area contributed by atoms with Gasteiger partial charge in [0.2, 0.25) is 5.76 Å². The molecule has 0 saturated carbocycles. The van der Waals surface area contributed by atoms with Crippen molar-refractivity contribution in [3.05, 3.63) is 12.0 Å². The van der Waals surface area contributed by atoms with Crippen LogP contribution in [0.25, 0.3) is 0 Å². The zero-order chi connectivity index (χ0) is 11.3. The van der Waals surface area contributed by atoms with Gasteiger partial charge in [0.15, 0.2) is 0 Å². The van der Waals surface area contributed by atoms with E-state index < -0.39 is 25.0 Å². The average molecular weight is 223 g/mol. The summed E-state index contributed by atoms with van der Waals surface area (Å²) < 4.78 is 34.7. The Balaban J connectivity index is 2.39. The summed E-state index contributed by atoms with van der Waals surface area (Å²) in [7, 11) is 0. The molecule has 0 aromatic heterocycles. The molecule has 0 bridgehead atoms. The van der Waals surface area contributed by atoms with Crippen molar-refractivity contribution in [3.8, 4) is 0 Å². The number of aliphatic hydroxyl groups excluding tert-OH is 1. The molecule has 0 atom stereocenters. The highest BCUT2D eigenvalue weighted by Crippen LogP contribution is 2.11. The first-order valence-electron chi connectivity index (χ1n) is 4.26. The number of halogens is 2. The van der Waals surface area contributed by atoms with E-state index in [0.717, 1.165) is 6.26 Å². The Labute approximate surface area is 84.7 Å². The van der Waals surface area contributed by atoms with Crippen LogP contribution in [0.3, 0.4) is 0 Å². The van der Waals surface area contributed by atoms with E-state index in [1.165, 1.54) is 0 Å². The third-order valence-electron chi connectivity index (χ3n) is 1.61. The fourth-order valence-electron chi connectivity index (χ4n) is 0.840. The van der Waals surface area contributed by atoms with Crippen molar-refractivity contribution in [2.75, 3.05) is 26.4 Å². The average Bonchev–Trinajstić information content (AvgIpc) is 2.27. The molecule has 7 heteroatoms. The number of hydrogen-bond donors (Lipinski definition) is 2. The number of nitrogens with one attached hydrogen (secondary N) is 1. The largest absolute Gasteiger partial charge is 0.494 e. The van der Waals surface area contributed by atoms with Crippen LogP contribution in [0, 0.1) is 0 Å². The third kappa shape index (κ3) is 3.70. The predicted molar refractivity (Wildman–Crippen MR) is 45.0 cm³/mol. The first-order valence-corrected chi connectivity index (χ1v) is 4.26. The molecule has 15 heavy (non-hydrogen) atoms. The minimum atomic E-state index is -3.33. The molecule has 0 saturated heterocycles. The highest BCUT2D eigenvalue weighted by Gasteiger charge is 2.29. The highest BCUT2D eigenvalue weighted by molar-refractivity contribution is 5.91. The predicted octanol–water partition coefficient (Wildman–Crippen LogP) is -0.382. The summed E-state index contributed by atoms with van der Waals surface area (Å²) in [6, 6.07) is 0. The summed E-state index contributed by atoms with van der Waals surface area (Å²) in [5.74, 6) is -4.26. The maximum absolute atomic E-state index is 12.5. The minimum Gasteiger partial charge on any atom is -0.494 e. The van der Waals surface area contributed by atoms with Crippen LogP contribution in [-0.2, 0) is 14.3 Å². The van der Waals surface area contributed by atoms with E-state index in [1.807, 2.05) is 5.32 Å². The van der Waals surface area contributed by atoms with Crippen molar-refractivity contribution in [1.29, 1.82) is 0 Å². The van der Waals surface area contributed by atoms with E-state index in [1.54, 1.807) is 0 Å². The molecule has 0 fully saturated rings. The van der Waals surface area contributed by atoms with Gasteiger partial charge in [0, 0.05) is 0 Å². The molecule has 0 radical (unpaired) electrons. The molecule has 0 spiro atoms. The van der Waals surface area contributed by atoms with Crippen molar-refractivity contribution in [1.82, 2.24) is 5.32 Å². The number of rotatable bonds is 4. The van der Waals surface area contributed by atoms with Crippen LogP contribution >= 0.6 is 0 Å². The monoisotopic (exact) mass is 223 g/mol. The first kappa shape index (κ1) is 11.7. The third-order valence-corrected chi connectivity index (χ3v) is 1.61. The van der Waals surface area contributed by atoms with Crippen molar-refractivity contribution in [3.63, 3.8) is 0 Å². The Hall–Kier alpha value is -1.37. The van der Waals surface area contributed by atoms with Gasteiger partial charge in [0.05, 0.1) is 6.54 Å². The van der Waals surface area contributed by atoms with Crippen LogP contribution in [0.1, 0.15) is 0 Å². The van der Waals surface area contributed by atoms with Crippen LogP contribution in [0.5, 0.6) is 0 Å². The zero-order valence-electron chi connectivity index (χ0n) is 7.83. The van der Waals surface area contributed by atoms with E-state index in [0.29, 0.717) is 6.61 Å². The minimum absolute atomic E-state index is 0.144. The lowest BCUT2D eigenvalue weighted by Gasteiger charge is -2.17.